The molecule has 4 aromatic rings. The predicted molar refractivity (Wildman–Crippen MR) is 91.9 cm³/mol. The molecule has 0 aliphatic rings. The highest BCUT2D eigenvalue weighted by Crippen LogP contribution is 2.28. The third-order valence-corrected chi connectivity index (χ3v) is 3.73. The molecule has 0 bridgehead atoms. The number of aromatic amines is 1. The number of nitrogens with zero attached hydrogens (tertiary/aromatic N) is 3. The highest BCUT2D eigenvalue weighted by molar-refractivity contribution is 6.30. The fourth-order valence-corrected chi connectivity index (χ4v) is 2.59. The van der Waals surface area contributed by atoms with E-state index in [1.54, 1.807) is 12.4 Å². The van der Waals surface area contributed by atoms with Crippen LogP contribution in [-0.4, -0.2) is 20.2 Å². The van der Waals surface area contributed by atoms with E-state index < -0.39 is 0 Å². The van der Waals surface area contributed by atoms with E-state index in [1.807, 2.05) is 48.7 Å². The lowest BCUT2D eigenvalue weighted by Crippen LogP contribution is -1.91. The van der Waals surface area contributed by atoms with E-state index in [0.29, 0.717) is 10.7 Å². The topological polar surface area (TPSA) is 66.5 Å². The molecule has 1 aromatic carbocycles. The maximum atomic E-state index is 6.02. The summed E-state index contributed by atoms with van der Waals surface area (Å²) in [7, 11) is 0. The first kappa shape index (κ1) is 13.7. The van der Waals surface area contributed by atoms with Gasteiger partial charge in [0.2, 0.25) is 0 Å². The maximum Gasteiger partial charge on any atom is 0.183 e. The first-order valence-corrected chi connectivity index (χ1v) is 7.44. The van der Waals surface area contributed by atoms with Crippen molar-refractivity contribution in [2.24, 2.45) is 0 Å². The zero-order valence-electron chi connectivity index (χ0n) is 12.0. The zero-order chi connectivity index (χ0) is 15.6. The van der Waals surface area contributed by atoms with Crippen molar-refractivity contribution in [3.05, 3.63) is 66.1 Å². The summed E-state index contributed by atoms with van der Waals surface area (Å²) in [6.45, 7) is 0. The van der Waals surface area contributed by atoms with Crippen LogP contribution < -0.4 is 5.32 Å². The van der Waals surface area contributed by atoms with Crippen LogP contribution in [0.25, 0.3) is 22.2 Å². The Morgan fingerprint density at radius 3 is 2.78 bits per heavy atom. The molecule has 2 N–H and O–H groups in total. The summed E-state index contributed by atoms with van der Waals surface area (Å²) in [5, 5.41) is 12.1. The molecule has 0 aliphatic heterocycles. The number of anilines is 2. The highest BCUT2D eigenvalue weighted by atomic mass is 35.5. The Balaban J connectivity index is 1.76. The average molecular weight is 322 g/mol. The number of hydrogen-bond acceptors (Lipinski definition) is 4. The molecule has 0 atom stereocenters. The molecule has 112 valence electrons. The van der Waals surface area contributed by atoms with Crippen molar-refractivity contribution in [2.45, 2.75) is 0 Å². The lowest BCUT2D eigenvalue weighted by Gasteiger charge is -2.05. The largest absolute Gasteiger partial charge is 0.340 e. The van der Waals surface area contributed by atoms with Gasteiger partial charge in [-0.2, -0.15) is 5.10 Å². The minimum Gasteiger partial charge on any atom is -0.340 e. The van der Waals surface area contributed by atoms with Crippen LogP contribution in [0.3, 0.4) is 0 Å². The Hall–Kier alpha value is -2.92. The number of H-pyrrole nitrogens is 1. The number of pyridine rings is 2. The van der Waals surface area contributed by atoms with Gasteiger partial charge in [-0.15, -0.1) is 0 Å². The molecule has 3 heterocycles. The van der Waals surface area contributed by atoms with Crippen molar-refractivity contribution in [3.63, 3.8) is 0 Å². The van der Waals surface area contributed by atoms with Crippen molar-refractivity contribution in [1.82, 2.24) is 20.2 Å². The molecule has 4 rings (SSSR count). The molecule has 23 heavy (non-hydrogen) atoms. The summed E-state index contributed by atoms with van der Waals surface area (Å²) in [5.74, 6) is 0.778. The quantitative estimate of drug-likeness (QED) is 0.586. The number of rotatable bonds is 3. The van der Waals surface area contributed by atoms with E-state index in [2.05, 4.69) is 25.5 Å². The van der Waals surface area contributed by atoms with Gasteiger partial charge in [-0.05, 0) is 30.3 Å². The summed E-state index contributed by atoms with van der Waals surface area (Å²) in [5.41, 5.74) is 3.54. The summed E-state index contributed by atoms with van der Waals surface area (Å²) in [6.07, 6.45) is 5.36. The van der Waals surface area contributed by atoms with E-state index >= 15 is 0 Å². The molecule has 0 fully saturated rings. The van der Waals surface area contributed by atoms with Gasteiger partial charge < -0.3 is 5.32 Å². The van der Waals surface area contributed by atoms with Gasteiger partial charge in [0.15, 0.2) is 5.65 Å². The minimum atomic E-state index is 0.655. The van der Waals surface area contributed by atoms with Crippen LogP contribution in [-0.2, 0) is 0 Å². The number of fused-ring (bicyclic) bond motifs is 1. The molecule has 3 aromatic heterocycles. The third-order valence-electron chi connectivity index (χ3n) is 3.50. The molecule has 0 saturated heterocycles. The Morgan fingerprint density at radius 2 is 1.96 bits per heavy atom. The highest BCUT2D eigenvalue weighted by Gasteiger charge is 2.09. The van der Waals surface area contributed by atoms with Crippen molar-refractivity contribution < 1.29 is 0 Å². The molecular weight excluding hydrogens is 310 g/mol. The number of nitrogens with one attached hydrogen (secondary N) is 2. The molecular formula is C17H12ClN5. The third kappa shape index (κ3) is 2.74. The molecule has 6 heteroatoms. The summed E-state index contributed by atoms with van der Waals surface area (Å²) in [6, 6.07) is 13.5. The van der Waals surface area contributed by atoms with E-state index in [9.17, 15) is 0 Å². The summed E-state index contributed by atoms with van der Waals surface area (Å²) >= 11 is 6.02. The fourth-order valence-electron chi connectivity index (χ4n) is 2.40. The molecule has 0 amide bonds. The van der Waals surface area contributed by atoms with E-state index in [1.165, 1.54) is 0 Å². The van der Waals surface area contributed by atoms with Gasteiger partial charge in [-0.25, -0.2) is 4.98 Å². The van der Waals surface area contributed by atoms with Crippen LogP contribution in [0.2, 0.25) is 5.02 Å². The van der Waals surface area contributed by atoms with Crippen molar-refractivity contribution >= 4 is 34.1 Å². The van der Waals surface area contributed by atoms with E-state index in [0.717, 1.165) is 28.0 Å². The second-order valence-electron chi connectivity index (χ2n) is 5.07. The van der Waals surface area contributed by atoms with Crippen molar-refractivity contribution in [2.75, 3.05) is 5.32 Å². The Bertz CT molecular complexity index is 965. The monoisotopic (exact) mass is 321 g/mol. The Kier molecular flexibility index (Phi) is 3.40. The summed E-state index contributed by atoms with van der Waals surface area (Å²) in [4.78, 5) is 8.55. The first-order valence-electron chi connectivity index (χ1n) is 7.07. The molecule has 0 spiro atoms. The lowest BCUT2D eigenvalue weighted by atomic mass is 10.1. The number of hydrogen-bond donors (Lipinski definition) is 2. The molecule has 0 radical (unpaired) electrons. The summed E-state index contributed by atoms with van der Waals surface area (Å²) < 4.78 is 0. The van der Waals surface area contributed by atoms with Gasteiger partial charge in [0.25, 0.3) is 0 Å². The molecule has 0 aliphatic carbocycles. The normalized spacial score (nSPS) is 10.8. The minimum absolute atomic E-state index is 0.655. The van der Waals surface area contributed by atoms with E-state index in [-0.39, 0.29) is 0 Å². The van der Waals surface area contributed by atoms with Crippen LogP contribution in [0.1, 0.15) is 0 Å². The lowest BCUT2D eigenvalue weighted by molar-refractivity contribution is 1.10. The first-order chi connectivity index (χ1) is 11.3. The van der Waals surface area contributed by atoms with Gasteiger partial charge >= 0.3 is 0 Å². The van der Waals surface area contributed by atoms with Crippen LogP contribution in [0, 0.1) is 0 Å². The van der Waals surface area contributed by atoms with Crippen LogP contribution in [0.4, 0.5) is 11.5 Å². The Labute approximate surface area is 137 Å². The van der Waals surface area contributed by atoms with Gasteiger partial charge in [0.1, 0.15) is 5.82 Å². The molecule has 5 nitrogen and oxygen atoms in total. The second-order valence-corrected chi connectivity index (χ2v) is 5.51. The molecule has 0 unspecified atom stereocenters. The van der Waals surface area contributed by atoms with Gasteiger partial charge in [0, 0.05) is 40.4 Å². The van der Waals surface area contributed by atoms with E-state index in [4.69, 9.17) is 11.6 Å². The number of benzene rings is 1. The maximum absolute atomic E-state index is 6.02. The average Bonchev–Trinajstić information content (AvgIpc) is 2.98. The van der Waals surface area contributed by atoms with Crippen LogP contribution >= 0.6 is 11.6 Å². The van der Waals surface area contributed by atoms with Crippen LogP contribution in [0.5, 0.6) is 0 Å². The van der Waals surface area contributed by atoms with Crippen molar-refractivity contribution in [3.8, 4) is 11.1 Å². The number of aromatic nitrogens is 4. The van der Waals surface area contributed by atoms with Gasteiger partial charge in [-0.1, -0.05) is 23.7 Å². The number of halogens is 1. The van der Waals surface area contributed by atoms with Crippen molar-refractivity contribution in [1.29, 1.82) is 0 Å². The van der Waals surface area contributed by atoms with Gasteiger partial charge in [-0.3, -0.25) is 10.1 Å². The fraction of sp³-hybridized carbons (Fsp3) is 0. The predicted octanol–water partition coefficient (Wildman–Crippen LogP) is 4.42. The van der Waals surface area contributed by atoms with Crippen LogP contribution in [0.15, 0.2) is 61.1 Å². The van der Waals surface area contributed by atoms with Gasteiger partial charge in [0.05, 0.1) is 5.39 Å². The standard InChI is InChI=1S/C17H12ClN5/c18-13-4-1-5-14(8-13)21-17-15-7-12(10-20-16(15)22-23-17)11-3-2-6-19-9-11/h1-10H,(H2,20,21,22,23). The smallest absolute Gasteiger partial charge is 0.183 e. The molecule has 0 saturated carbocycles. The Morgan fingerprint density at radius 1 is 1.00 bits per heavy atom. The second kappa shape index (κ2) is 5.70. The zero-order valence-corrected chi connectivity index (χ0v) is 12.7. The SMILES string of the molecule is Clc1cccc(Nc2[nH]nc3ncc(-c4cccnc4)cc23)c1.